The molecule has 1 aromatic heterocycles. The van der Waals surface area contributed by atoms with Crippen molar-refractivity contribution in [2.75, 3.05) is 19.0 Å². The summed E-state index contributed by atoms with van der Waals surface area (Å²) in [5, 5.41) is 11.4. The number of phenols is 1. The minimum Gasteiger partial charge on any atom is -0.507 e. The lowest BCUT2D eigenvalue weighted by molar-refractivity contribution is 0.308. The Hall–Kier alpha value is -2.62. The van der Waals surface area contributed by atoms with Crippen molar-refractivity contribution in [3.63, 3.8) is 0 Å². The molecule has 1 saturated carbocycles. The number of anilines is 1. The second-order valence-electron chi connectivity index (χ2n) is 13.8. The predicted octanol–water partition coefficient (Wildman–Crippen LogP) is 9.39. The van der Waals surface area contributed by atoms with Crippen LogP contribution in [0.1, 0.15) is 111 Å². The Kier molecular flexibility index (Phi) is 11.4. The molecule has 0 atom stereocenters. The van der Waals surface area contributed by atoms with Crippen LogP contribution in [0.15, 0.2) is 36.4 Å². The average molecular weight is 534 g/mol. The number of phenolic OH excluding ortho intramolecular Hbond substituents is 1. The van der Waals surface area contributed by atoms with E-state index in [1.165, 1.54) is 31.2 Å². The van der Waals surface area contributed by atoms with Gasteiger partial charge in [0.1, 0.15) is 17.4 Å². The Balaban J connectivity index is 0.000000217. The molecule has 0 radical (unpaired) electrons. The van der Waals surface area contributed by atoms with E-state index >= 15 is 0 Å². The Morgan fingerprint density at radius 1 is 0.846 bits per heavy atom. The van der Waals surface area contributed by atoms with Crippen molar-refractivity contribution in [3.05, 3.63) is 58.9 Å². The molecule has 0 saturated heterocycles. The molecule has 216 valence electrons. The van der Waals surface area contributed by atoms with E-state index in [-0.39, 0.29) is 10.8 Å². The molecule has 3 aromatic rings. The molecule has 1 heterocycles. The van der Waals surface area contributed by atoms with Gasteiger partial charge in [-0.2, -0.15) is 0 Å². The summed E-state index contributed by atoms with van der Waals surface area (Å²) in [4.78, 5) is 10.8. The fourth-order valence-corrected chi connectivity index (χ4v) is 4.91. The van der Waals surface area contributed by atoms with E-state index in [1.807, 2.05) is 50.2 Å². The van der Waals surface area contributed by atoms with Gasteiger partial charge in [-0.1, -0.05) is 112 Å². The maximum absolute atomic E-state index is 10.3. The standard InChI is InChI=1S/C16H26O.C11H13N3.C8H16/c1-8-11-9-12(15(2,3)4)10-13(14(11)17)16(5,6)7;1-8-12-10-7-5-4-6-9(10)11(13-8)14(2)3;1-7-3-5-8(2)6-4-7/h9-10,17H,8H2,1-7H3;4-7H,1-3H3;7-8H,3-6H2,1-2H3. The van der Waals surface area contributed by atoms with Gasteiger partial charge in [0.05, 0.1) is 5.52 Å². The number of benzene rings is 2. The number of para-hydroxylation sites is 1. The molecular weight excluding hydrogens is 478 g/mol. The SMILES string of the molecule is CC1CCC(C)CC1.CCc1cc(C(C)(C)C)cc(C(C)(C)C)c1O.Cc1nc(N(C)C)c2ccccc2n1. The van der Waals surface area contributed by atoms with Crippen LogP contribution >= 0.6 is 0 Å². The number of fused-ring (bicyclic) bond motifs is 1. The van der Waals surface area contributed by atoms with Gasteiger partial charge in [-0.05, 0) is 64.8 Å². The first-order valence-corrected chi connectivity index (χ1v) is 14.8. The van der Waals surface area contributed by atoms with E-state index in [9.17, 15) is 5.11 Å². The van der Waals surface area contributed by atoms with Crippen molar-refractivity contribution in [2.45, 2.75) is 112 Å². The lowest BCUT2D eigenvalue weighted by Gasteiger charge is -2.27. The van der Waals surface area contributed by atoms with E-state index in [2.05, 4.69) is 84.4 Å². The molecule has 39 heavy (non-hydrogen) atoms. The summed E-state index contributed by atoms with van der Waals surface area (Å²) in [5.41, 5.74) is 4.53. The summed E-state index contributed by atoms with van der Waals surface area (Å²) >= 11 is 0. The topological polar surface area (TPSA) is 49.3 Å². The molecule has 0 bridgehead atoms. The second kappa shape index (κ2) is 13.6. The number of aromatic hydroxyl groups is 1. The molecule has 4 heteroatoms. The number of hydrogen-bond acceptors (Lipinski definition) is 4. The summed E-state index contributed by atoms with van der Waals surface area (Å²) in [6.07, 6.45) is 6.77. The molecule has 0 unspecified atom stereocenters. The Morgan fingerprint density at radius 2 is 1.38 bits per heavy atom. The summed E-state index contributed by atoms with van der Waals surface area (Å²) in [7, 11) is 3.99. The maximum atomic E-state index is 10.3. The number of aryl methyl sites for hydroxylation is 2. The van der Waals surface area contributed by atoms with Crippen LogP contribution in [-0.4, -0.2) is 29.2 Å². The van der Waals surface area contributed by atoms with E-state index in [0.717, 1.165) is 51.9 Å². The molecule has 1 N–H and O–H groups in total. The van der Waals surface area contributed by atoms with E-state index in [4.69, 9.17) is 0 Å². The van der Waals surface area contributed by atoms with Gasteiger partial charge in [-0.15, -0.1) is 0 Å². The highest BCUT2D eigenvalue weighted by Gasteiger charge is 2.24. The van der Waals surface area contributed by atoms with Crippen LogP contribution in [0.2, 0.25) is 0 Å². The summed E-state index contributed by atoms with van der Waals surface area (Å²) in [6, 6.07) is 12.4. The number of hydrogen-bond donors (Lipinski definition) is 1. The van der Waals surface area contributed by atoms with E-state index in [1.54, 1.807) is 0 Å². The van der Waals surface area contributed by atoms with Gasteiger partial charge in [0.25, 0.3) is 0 Å². The molecule has 2 aromatic carbocycles. The van der Waals surface area contributed by atoms with E-state index in [0.29, 0.717) is 5.75 Å². The monoisotopic (exact) mass is 533 g/mol. The van der Waals surface area contributed by atoms with Crippen molar-refractivity contribution in [2.24, 2.45) is 11.8 Å². The highest BCUT2D eigenvalue weighted by Crippen LogP contribution is 2.37. The highest BCUT2D eigenvalue weighted by atomic mass is 16.3. The van der Waals surface area contributed by atoms with Crippen LogP contribution in [0, 0.1) is 18.8 Å². The molecule has 1 fully saturated rings. The Bertz CT molecular complexity index is 1180. The predicted molar refractivity (Wildman–Crippen MR) is 170 cm³/mol. The molecule has 1 aliphatic carbocycles. The smallest absolute Gasteiger partial charge is 0.139 e. The normalized spacial score (nSPS) is 17.5. The largest absolute Gasteiger partial charge is 0.507 e. The molecule has 4 rings (SSSR count). The molecular formula is C35H55N3O. The molecule has 1 aliphatic rings. The third-order valence-corrected chi connectivity index (χ3v) is 7.67. The minimum absolute atomic E-state index is 0.0186. The quantitative estimate of drug-likeness (QED) is 0.356. The molecule has 0 aliphatic heterocycles. The zero-order chi connectivity index (χ0) is 29.5. The summed E-state index contributed by atoms with van der Waals surface area (Å²) in [5.74, 6) is 4.31. The molecule has 0 spiro atoms. The van der Waals surface area contributed by atoms with E-state index < -0.39 is 0 Å². The zero-order valence-corrected chi connectivity index (χ0v) is 26.9. The van der Waals surface area contributed by atoms with Gasteiger partial charge in [0, 0.05) is 19.5 Å². The fourth-order valence-electron chi connectivity index (χ4n) is 4.91. The first kappa shape index (κ1) is 32.6. The van der Waals surface area contributed by atoms with Crippen molar-refractivity contribution in [1.29, 1.82) is 0 Å². The van der Waals surface area contributed by atoms with Gasteiger partial charge in [0.2, 0.25) is 0 Å². The second-order valence-corrected chi connectivity index (χ2v) is 13.8. The molecule has 0 amide bonds. The first-order valence-electron chi connectivity index (χ1n) is 14.8. The lowest BCUT2D eigenvalue weighted by atomic mass is 9.78. The molecule has 4 nitrogen and oxygen atoms in total. The fraction of sp³-hybridized carbons (Fsp3) is 0.600. The third kappa shape index (κ3) is 9.51. The van der Waals surface area contributed by atoms with Crippen molar-refractivity contribution in [1.82, 2.24) is 9.97 Å². The highest BCUT2D eigenvalue weighted by molar-refractivity contribution is 5.89. The minimum atomic E-state index is -0.0186. The lowest BCUT2D eigenvalue weighted by Crippen LogP contribution is -2.17. The van der Waals surface area contributed by atoms with Crippen molar-refractivity contribution < 1.29 is 5.11 Å². The van der Waals surface area contributed by atoms with Gasteiger partial charge in [-0.25, -0.2) is 9.97 Å². The summed E-state index contributed by atoms with van der Waals surface area (Å²) in [6.45, 7) is 21.8. The van der Waals surface area contributed by atoms with Gasteiger partial charge < -0.3 is 10.0 Å². The zero-order valence-electron chi connectivity index (χ0n) is 26.9. The van der Waals surface area contributed by atoms with Gasteiger partial charge in [-0.3, -0.25) is 0 Å². The third-order valence-electron chi connectivity index (χ3n) is 7.67. The van der Waals surface area contributed by atoms with Crippen LogP contribution in [0.3, 0.4) is 0 Å². The van der Waals surface area contributed by atoms with Crippen LogP contribution in [0.5, 0.6) is 5.75 Å². The number of nitrogens with zero attached hydrogens (tertiary/aromatic N) is 3. The van der Waals surface area contributed by atoms with Crippen LogP contribution in [-0.2, 0) is 17.3 Å². The summed E-state index contributed by atoms with van der Waals surface area (Å²) < 4.78 is 0. The maximum Gasteiger partial charge on any atom is 0.139 e. The number of rotatable bonds is 2. The first-order chi connectivity index (χ1) is 18.0. The van der Waals surface area contributed by atoms with Crippen molar-refractivity contribution >= 4 is 16.7 Å². The Morgan fingerprint density at radius 3 is 1.85 bits per heavy atom. The van der Waals surface area contributed by atoms with Crippen LogP contribution in [0.4, 0.5) is 5.82 Å². The van der Waals surface area contributed by atoms with Crippen LogP contribution in [0.25, 0.3) is 10.9 Å². The average Bonchev–Trinajstić information content (AvgIpc) is 2.84. The van der Waals surface area contributed by atoms with Gasteiger partial charge in [0.15, 0.2) is 0 Å². The van der Waals surface area contributed by atoms with Crippen LogP contribution < -0.4 is 4.90 Å². The van der Waals surface area contributed by atoms with Gasteiger partial charge >= 0.3 is 0 Å². The van der Waals surface area contributed by atoms with Crippen molar-refractivity contribution in [3.8, 4) is 5.75 Å². The Labute approximate surface area is 239 Å². The number of aromatic nitrogens is 2.